The van der Waals surface area contributed by atoms with E-state index in [1.54, 1.807) is 13.8 Å². The molecule has 0 saturated heterocycles. The Kier molecular flexibility index (Phi) is 3.43. The zero-order valence-corrected chi connectivity index (χ0v) is 11.9. The van der Waals surface area contributed by atoms with Gasteiger partial charge in [-0.1, -0.05) is 13.0 Å². The molecule has 7 nitrogen and oxygen atoms in total. The van der Waals surface area contributed by atoms with E-state index >= 15 is 0 Å². The Bertz CT molecular complexity index is 779. The summed E-state index contributed by atoms with van der Waals surface area (Å²) in [6, 6.07) is 4.32. The maximum absolute atomic E-state index is 12.4. The SMILES string of the molecule is CCC(C)S(=O)(=O)n1c(N)nc2c(C(=O)O)cccc21. The van der Waals surface area contributed by atoms with Gasteiger partial charge in [-0.25, -0.2) is 22.2 Å². The van der Waals surface area contributed by atoms with Crippen LogP contribution in [0, 0.1) is 0 Å². The van der Waals surface area contributed by atoms with Gasteiger partial charge in [0, 0.05) is 0 Å². The normalized spacial score (nSPS) is 13.5. The van der Waals surface area contributed by atoms with Crippen molar-refractivity contribution in [3.63, 3.8) is 0 Å². The summed E-state index contributed by atoms with van der Waals surface area (Å²) in [6.45, 7) is 3.32. The number of fused-ring (bicyclic) bond motifs is 1. The Morgan fingerprint density at radius 1 is 1.50 bits per heavy atom. The van der Waals surface area contributed by atoms with Gasteiger partial charge in [0.05, 0.1) is 16.3 Å². The number of imidazole rings is 1. The second kappa shape index (κ2) is 4.78. The zero-order chi connectivity index (χ0) is 15.1. The molecule has 0 spiro atoms. The van der Waals surface area contributed by atoms with E-state index in [1.165, 1.54) is 18.2 Å². The fourth-order valence-corrected chi connectivity index (χ4v) is 3.43. The molecule has 1 aromatic carbocycles. The lowest BCUT2D eigenvalue weighted by atomic mass is 10.2. The molecule has 0 amide bonds. The first-order chi connectivity index (χ1) is 9.30. The van der Waals surface area contributed by atoms with Crippen LogP contribution in [0.4, 0.5) is 5.95 Å². The first-order valence-electron chi connectivity index (χ1n) is 6.05. The highest BCUT2D eigenvalue weighted by atomic mass is 32.2. The maximum atomic E-state index is 12.4. The monoisotopic (exact) mass is 297 g/mol. The smallest absolute Gasteiger partial charge is 0.337 e. The fraction of sp³-hybridized carbons (Fsp3) is 0.333. The number of nitrogens with zero attached hydrogens (tertiary/aromatic N) is 2. The van der Waals surface area contributed by atoms with Crippen LogP contribution in [-0.4, -0.2) is 33.7 Å². The summed E-state index contributed by atoms with van der Waals surface area (Å²) in [4.78, 5) is 15.0. The largest absolute Gasteiger partial charge is 0.478 e. The van der Waals surface area contributed by atoms with Crippen LogP contribution < -0.4 is 5.73 Å². The summed E-state index contributed by atoms with van der Waals surface area (Å²) in [6.07, 6.45) is 0.417. The second-order valence-electron chi connectivity index (χ2n) is 4.48. The third-order valence-corrected chi connectivity index (χ3v) is 5.48. The van der Waals surface area contributed by atoms with Gasteiger partial charge in [-0.05, 0) is 25.5 Å². The summed E-state index contributed by atoms with van der Waals surface area (Å²) in [5.41, 5.74) is 5.86. The Labute approximate surface area is 116 Å². The van der Waals surface area contributed by atoms with Gasteiger partial charge < -0.3 is 10.8 Å². The Balaban J connectivity index is 2.83. The Hall–Kier alpha value is -2.09. The first kappa shape index (κ1) is 14.3. The fourth-order valence-electron chi connectivity index (χ4n) is 1.93. The van der Waals surface area contributed by atoms with Crippen LogP contribution >= 0.6 is 0 Å². The van der Waals surface area contributed by atoms with Crippen LogP contribution in [-0.2, 0) is 10.0 Å². The lowest BCUT2D eigenvalue weighted by molar-refractivity contribution is 0.0699. The first-order valence-corrected chi connectivity index (χ1v) is 7.55. The number of carbonyl (C=O) groups is 1. The molecule has 2 aromatic rings. The summed E-state index contributed by atoms with van der Waals surface area (Å²) < 4.78 is 25.8. The van der Waals surface area contributed by atoms with Crippen LogP contribution in [0.1, 0.15) is 30.6 Å². The molecular formula is C12H15N3O4S. The minimum atomic E-state index is -3.71. The van der Waals surface area contributed by atoms with Crippen molar-refractivity contribution in [2.45, 2.75) is 25.5 Å². The number of aromatic carboxylic acids is 1. The van der Waals surface area contributed by atoms with Crippen molar-refractivity contribution in [2.24, 2.45) is 0 Å². The molecule has 20 heavy (non-hydrogen) atoms. The van der Waals surface area contributed by atoms with Crippen molar-refractivity contribution in [3.05, 3.63) is 23.8 Å². The summed E-state index contributed by atoms with van der Waals surface area (Å²) in [7, 11) is -3.71. The number of carboxylic acids is 1. The van der Waals surface area contributed by atoms with Crippen molar-refractivity contribution < 1.29 is 18.3 Å². The van der Waals surface area contributed by atoms with Gasteiger partial charge in [-0.3, -0.25) is 0 Å². The molecule has 0 fully saturated rings. The highest BCUT2D eigenvalue weighted by Crippen LogP contribution is 2.25. The number of rotatable bonds is 4. The zero-order valence-electron chi connectivity index (χ0n) is 11.1. The number of benzene rings is 1. The molecular weight excluding hydrogens is 282 g/mol. The lowest BCUT2D eigenvalue weighted by Crippen LogP contribution is -2.25. The van der Waals surface area contributed by atoms with Gasteiger partial charge in [-0.2, -0.15) is 0 Å². The summed E-state index contributed by atoms with van der Waals surface area (Å²) in [5, 5.41) is 8.46. The molecule has 1 heterocycles. The van der Waals surface area contributed by atoms with E-state index in [0.29, 0.717) is 6.42 Å². The van der Waals surface area contributed by atoms with E-state index in [9.17, 15) is 13.2 Å². The van der Waals surface area contributed by atoms with Crippen molar-refractivity contribution in [1.82, 2.24) is 8.96 Å². The van der Waals surface area contributed by atoms with Gasteiger partial charge in [0.1, 0.15) is 5.52 Å². The number of nitrogens with two attached hydrogens (primary N) is 1. The molecule has 0 radical (unpaired) electrons. The van der Waals surface area contributed by atoms with Crippen LogP contribution in [0.5, 0.6) is 0 Å². The highest BCUT2D eigenvalue weighted by molar-refractivity contribution is 7.90. The van der Waals surface area contributed by atoms with E-state index < -0.39 is 21.2 Å². The Morgan fingerprint density at radius 3 is 2.70 bits per heavy atom. The number of aromatic nitrogens is 2. The molecule has 8 heteroatoms. The van der Waals surface area contributed by atoms with Gasteiger partial charge >= 0.3 is 5.97 Å². The third kappa shape index (κ3) is 2.01. The second-order valence-corrected chi connectivity index (χ2v) is 6.68. The molecule has 0 aliphatic rings. The molecule has 0 aliphatic carbocycles. The topological polar surface area (TPSA) is 115 Å². The maximum Gasteiger partial charge on any atom is 0.337 e. The lowest BCUT2D eigenvalue weighted by Gasteiger charge is -2.13. The van der Waals surface area contributed by atoms with Crippen molar-refractivity contribution in [2.75, 3.05) is 5.73 Å². The Morgan fingerprint density at radius 2 is 2.15 bits per heavy atom. The molecule has 108 valence electrons. The van der Waals surface area contributed by atoms with Crippen LogP contribution in [0.25, 0.3) is 11.0 Å². The molecule has 0 aliphatic heterocycles. The van der Waals surface area contributed by atoms with Gasteiger partial charge in [0.25, 0.3) is 0 Å². The predicted molar refractivity (Wildman–Crippen MR) is 75.2 cm³/mol. The molecule has 1 unspecified atom stereocenters. The minimum absolute atomic E-state index is 0.0735. The van der Waals surface area contributed by atoms with Crippen LogP contribution in [0.15, 0.2) is 18.2 Å². The standard InChI is InChI=1S/C12H15N3O4S/c1-3-7(2)20(18,19)15-9-6-4-5-8(11(16)17)10(9)14-12(15)13/h4-7H,3H2,1-2H3,(H2,13,14)(H,16,17). The molecule has 0 bridgehead atoms. The third-order valence-electron chi connectivity index (χ3n) is 3.24. The molecule has 3 N–H and O–H groups in total. The van der Waals surface area contributed by atoms with Crippen LogP contribution in [0.2, 0.25) is 0 Å². The van der Waals surface area contributed by atoms with E-state index in [1.807, 2.05) is 0 Å². The van der Waals surface area contributed by atoms with E-state index in [0.717, 1.165) is 3.97 Å². The molecule has 2 rings (SSSR count). The van der Waals surface area contributed by atoms with E-state index in [2.05, 4.69) is 4.98 Å². The van der Waals surface area contributed by atoms with Gasteiger partial charge in [-0.15, -0.1) is 0 Å². The summed E-state index contributed by atoms with van der Waals surface area (Å²) in [5.74, 6) is -1.41. The molecule has 1 aromatic heterocycles. The average Bonchev–Trinajstić information content (AvgIpc) is 2.73. The van der Waals surface area contributed by atoms with Crippen molar-refractivity contribution >= 4 is 33.0 Å². The molecule has 1 atom stereocenters. The number of anilines is 1. The van der Waals surface area contributed by atoms with E-state index in [4.69, 9.17) is 10.8 Å². The van der Waals surface area contributed by atoms with E-state index in [-0.39, 0.29) is 22.5 Å². The number of para-hydroxylation sites is 1. The number of hydrogen-bond donors (Lipinski definition) is 2. The number of nitrogen functional groups attached to an aromatic ring is 1. The number of carboxylic acid groups (broad SMARTS) is 1. The van der Waals surface area contributed by atoms with Crippen molar-refractivity contribution in [1.29, 1.82) is 0 Å². The molecule has 0 saturated carbocycles. The average molecular weight is 297 g/mol. The number of hydrogen-bond acceptors (Lipinski definition) is 5. The minimum Gasteiger partial charge on any atom is -0.478 e. The van der Waals surface area contributed by atoms with Gasteiger partial charge in [0.15, 0.2) is 0 Å². The van der Waals surface area contributed by atoms with Crippen molar-refractivity contribution in [3.8, 4) is 0 Å². The highest BCUT2D eigenvalue weighted by Gasteiger charge is 2.27. The van der Waals surface area contributed by atoms with Gasteiger partial charge in [0.2, 0.25) is 16.0 Å². The van der Waals surface area contributed by atoms with Crippen LogP contribution in [0.3, 0.4) is 0 Å². The summed E-state index contributed by atoms with van der Waals surface area (Å²) >= 11 is 0. The quantitative estimate of drug-likeness (QED) is 0.878. The predicted octanol–water partition coefficient (Wildman–Crippen LogP) is 1.29.